The van der Waals surface area contributed by atoms with Gasteiger partial charge in [0.25, 0.3) is 0 Å². The number of hydrogen-bond donors (Lipinski definition) is 2. The molecule has 2 atom stereocenters. The molecule has 6 nitrogen and oxygen atoms in total. The lowest BCUT2D eigenvalue weighted by atomic mass is 9.92. The Labute approximate surface area is 123 Å². The topological polar surface area (TPSA) is 84.9 Å². The van der Waals surface area contributed by atoms with Crippen LogP contribution in [0.2, 0.25) is 0 Å². The number of carbonyl (C=O) groups excluding carboxylic acids is 1. The number of aliphatic carboxylic acids is 1. The highest BCUT2D eigenvalue weighted by molar-refractivity contribution is 5.88. The van der Waals surface area contributed by atoms with Gasteiger partial charge >= 0.3 is 5.97 Å². The molecule has 114 valence electrons. The summed E-state index contributed by atoms with van der Waals surface area (Å²) in [6.45, 7) is 0.729. The Morgan fingerprint density at radius 2 is 2.24 bits per heavy atom. The minimum absolute atomic E-state index is 0.239. The molecule has 1 aliphatic rings. The molecule has 1 heterocycles. The molecule has 0 fully saturated rings. The van der Waals surface area contributed by atoms with Gasteiger partial charge in [-0.1, -0.05) is 18.2 Å². The first kappa shape index (κ1) is 15.3. The van der Waals surface area contributed by atoms with E-state index < -0.39 is 12.0 Å². The van der Waals surface area contributed by atoms with Crippen molar-refractivity contribution in [2.75, 3.05) is 20.3 Å². The van der Waals surface area contributed by atoms with Crippen molar-refractivity contribution in [2.24, 2.45) is 0 Å². The summed E-state index contributed by atoms with van der Waals surface area (Å²) in [7, 11) is 1.50. The fourth-order valence-corrected chi connectivity index (χ4v) is 2.38. The lowest BCUT2D eigenvalue weighted by molar-refractivity contribution is -0.142. The van der Waals surface area contributed by atoms with Crippen molar-refractivity contribution in [1.29, 1.82) is 0 Å². The standard InChI is InChI=1S/C15H19NO5/c1-20-8-7-12(15(18)19)16-14(17)11-6-9-21-13-5-3-2-4-10(11)13/h2-5,11-12H,6-9H2,1H3,(H,16,17)(H,18,19)/t11-,12+/m0/s1. The molecule has 0 bridgehead atoms. The summed E-state index contributed by atoms with van der Waals surface area (Å²) in [6, 6.07) is 6.40. The van der Waals surface area contributed by atoms with Crippen LogP contribution in [-0.2, 0) is 14.3 Å². The maximum absolute atomic E-state index is 12.4. The summed E-state index contributed by atoms with van der Waals surface area (Å²) in [6.07, 6.45) is 0.780. The van der Waals surface area contributed by atoms with E-state index in [0.29, 0.717) is 18.8 Å². The Bertz CT molecular complexity index is 517. The molecule has 21 heavy (non-hydrogen) atoms. The predicted molar refractivity (Wildman–Crippen MR) is 75.4 cm³/mol. The number of rotatable bonds is 6. The van der Waals surface area contributed by atoms with Gasteiger partial charge in [-0.25, -0.2) is 4.79 Å². The second-order valence-corrected chi connectivity index (χ2v) is 4.91. The number of amides is 1. The molecule has 0 spiro atoms. The maximum atomic E-state index is 12.4. The molecule has 0 aromatic heterocycles. The summed E-state index contributed by atoms with van der Waals surface area (Å²) in [5, 5.41) is 11.7. The lowest BCUT2D eigenvalue weighted by Crippen LogP contribution is -2.44. The number of methoxy groups -OCH3 is 1. The van der Waals surface area contributed by atoms with E-state index in [4.69, 9.17) is 14.6 Å². The maximum Gasteiger partial charge on any atom is 0.326 e. The lowest BCUT2D eigenvalue weighted by Gasteiger charge is -2.26. The Balaban J connectivity index is 2.08. The van der Waals surface area contributed by atoms with Crippen molar-refractivity contribution in [3.05, 3.63) is 29.8 Å². The van der Waals surface area contributed by atoms with Crippen molar-refractivity contribution in [3.8, 4) is 5.75 Å². The van der Waals surface area contributed by atoms with E-state index >= 15 is 0 Å². The monoisotopic (exact) mass is 293 g/mol. The minimum Gasteiger partial charge on any atom is -0.493 e. The van der Waals surface area contributed by atoms with Crippen molar-refractivity contribution in [1.82, 2.24) is 5.32 Å². The highest BCUT2D eigenvalue weighted by atomic mass is 16.5. The molecule has 6 heteroatoms. The zero-order valence-corrected chi connectivity index (χ0v) is 11.9. The van der Waals surface area contributed by atoms with Gasteiger partial charge in [-0.15, -0.1) is 0 Å². The fourth-order valence-electron chi connectivity index (χ4n) is 2.38. The molecular formula is C15H19NO5. The number of benzene rings is 1. The van der Waals surface area contributed by atoms with Crippen LogP contribution in [0.25, 0.3) is 0 Å². The number of carbonyl (C=O) groups is 2. The Hall–Kier alpha value is -2.08. The number of carboxylic acid groups (broad SMARTS) is 1. The normalized spacial score (nSPS) is 18.2. The van der Waals surface area contributed by atoms with Crippen molar-refractivity contribution in [2.45, 2.75) is 24.8 Å². The molecule has 1 aromatic carbocycles. The van der Waals surface area contributed by atoms with E-state index in [1.54, 1.807) is 0 Å². The van der Waals surface area contributed by atoms with E-state index in [2.05, 4.69) is 5.32 Å². The van der Waals surface area contributed by atoms with Crippen LogP contribution >= 0.6 is 0 Å². The molecule has 2 N–H and O–H groups in total. The van der Waals surface area contributed by atoms with Gasteiger partial charge in [0.1, 0.15) is 11.8 Å². The SMILES string of the molecule is COCC[C@@H](NC(=O)[C@H]1CCOc2ccccc21)C(=O)O. The smallest absolute Gasteiger partial charge is 0.326 e. The van der Waals surface area contributed by atoms with Gasteiger partial charge in [0.15, 0.2) is 0 Å². The summed E-state index contributed by atoms with van der Waals surface area (Å²) >= 11 is 0. The van der Waals surface area contributed by atoms with E-state index in [9.17, 15) is 9.59 Å². The zero-order valence-electron chi connectivity index (χ0n) is 11.9. The van der Waals surface area contributed by atoms with Crippen LogP contribution < -0.4 is 10.1 Å². The first-order valence-electron chi connectivity index (χ1n) is 6.87. The minimum atomic E-state index is -1.05. The van der Waals surface area contributed by atoms with E-state index in [1.165, 1.54) is 7.11 Å². The number of ether oxygens (including phenoxy) is 2. The molecule has 0 aliphatic carbocycles. The summed E-state index contributed by atoms with van der Waals surface area (Å²) in [5.74, 6) is -1.03. The highest BCUT2D eigenvalue weighted by Crippen LogP contribution is 2.33. The van der Waals surface area contributed by atoms with Gasteiger partial charge in [-0.05, 0) is 12.5 Å². The second kappa shape index (κ2) is 7.08. The van der Waals surface area contributed by atoms with Crippen LogP contribution in [0, 0.1) is 0 Å². The predicted octanol–water partition coefficient (Wildman–Crippen LogP) is 1.16. The Morgan fingerprint density at radius 3 is 2.95 bits per heavy atom. The van der Waals surface area contributed by atoms with Crippen LogP contribution in [0.1, 0.15) is 24.3 Å². The summed E-state index contributed by atoms with van der Waals surface area (Å²) < 4.78 is 10.4. The van der Waals surface area contributed by atoms with Gasteiger partial charge in [-0.3, -0.25) is 4.79 Å². The van der Waals surface area contributed by atoms with Crippen molar-refractivity contribution in [3.63, 3.8) is 0 Å². The highest BCUT2D eigenvalue weighted by Gasteiger charge is 2.30. The van der Waals surface area contributed by atoms with Gasteiger partial charge in [0.05, 0.1) is 12.5 Å². The van der Waals surface area contributed by atoms with E-state index in [1.807, 2.05) is 24.3 Å². The van der Waals surface area contributed by atoms with Crippen molar-refractivity contribution < 1.29 is 24.2 Å². The summed E-state index contributed by atoms with van der Waals surface area (Å²) in [4.78, 5) is 23.5. The van der Waals surface area contributed by atoms with Crippen LogP contribution in [0.4, 0.5) is 0 Å². The average molecular weight is 293 g/mol. The number of fused-ring (bicyclic) bond motifs is 1. The molecule has 0 unspecified atom stereocenters. The Morgan fingerprint density at radius 1 is 1.48 bits per heavy atom. The third-order valence-corrected chi connectivity index (χ3v) is 3.50. The van der Waals surface area contributed by atoms with E-state index in [-0.39, 0.29) is 24.9 Å². The molecular weight excluding hydrogens is 274 g/mol. The van der Waals surface area contributed by atoms with Crippen LogP contribution in [0.5, 0.6) is 5.75 Å². The molecule has 1 aromatic rings. The molecule has 0 radical (unpaired) electrons. The third-order valence-electron chi connectivity index (χ3n) is 3.50. The number of carboxylic acids is 1. The van der Waals surface area contributed by atoms with Gasteiger partial charge in [-0.2, -0.15) is 0 Å². The quantitative estimate of drug-likeness (QED) is 0.822. The van der Waals surface area contributed by atoms with Crippen LogP contribution in [0.3, 0.4) is 0 Å². The number of nitrogens with one attached hydrogen (secondary N) is 1. The average Bonchev–Trinajstić information content (AvgIpc) is 2.50. The fraction of sp³-hybridized carbons (Fsp3) is 0.467. The van der Waals surface area contributed by atoms with Crippen LogP contribution in [-0.4, -0.2) is 43.3 Å². The zero-order chi connectivity index (χ0) is 15.2. The van der Waals surface area contributed by atoms with Gasteiger partial charge < -0.3 is 19.9 Å². The first-order chi connectivity index (χ1) is 10.1. The summed E-state index contributed by atoms with van der Waals surface area (Å²) in [5.41, 5.74) is 0.803. The second-order valence-electron chi connectivity index (χ2n) is 4.91. The van der Waals surface area contributed by atoms with E-state index in [0.717, 1.165) is 5.56 Å². The molecule has 0 saturated heterocycles. The molecule has 2 rings (SSSR count). The largest absolute Gasteiger partial charge is 0.493 e. The van der Waals surface area contributed by atoms with Crippen LogP contribution in [0.15, 0.2) is 24.3 Å². The van der Waals surface area contributed by atoms with Gasteiger partial charge in [0, 0.05) is 25.7 Å². The molecule has 0 saturated carbocycles. The van der Waals surface area contributed by atoms with Gasteiger partial charge in [0.2, 0.25) is 5.91 Å². The Kier molecular flexibility index (Phi) is 5.16. The number of para-hydroxylation sites is 1. The number of hydrogen-bond acceptors (Lipinski definition) is 4. The molecule has 1 amide bonds. The first-order valence-corrected chi connectivity index (χ1v) is 6.87. The molecule has 1 aliphatic heterocycles. The third kappa shape index (κ3) is 3.72. The van der Waals surface area contributed by atoms with Crippen molar-refractivity contribution >= 4 is 11.9 Å².